The third-order valence-electron chi connectivity index (χ3n) is 2.47. The van der Waals surface area contributed by atoms with Gasteiger partial charge in [0.25, 0.3) is 5.91 Å². The van der Waals surface area contributed by atoms with Gasteiger partial charge in [-0.05, 0) is 6.42 Å². The Balaban J connectivity index is 2.21. The zero-order valence-corrected chi connectivity index (χ0v) is 8.77. The van der Waals surface area contributed by atoms with Crippen molar-refractivity contribution in [3.8, 4) is 0 Å². The molecule has 1 saturated heterocycles. The molecule has 15 heavy (non-hydrogen) atoms. The number of aromatic nitrogens is 2. The molecular formula is C8H11N3O3S. The molecule has 0 saturated carbocycles. The maximum atomic E-state index is 11.2. The van der Waals surface area contributed by atoms with Crippen LogP contribution < -0.4 is 5.73 Å². The molecule has 2 heterocycles. The first-order valence-corrected chi connectivity index (χ1v) is 6.34. The minimum absolute atomic E-state index is 0.0902. The van der Waals surface area contributed by atoms with E-state index in [9.17, 15) is 13.2 Å². The normalized spacial score (nSPS) is 24.1. The second-order valence-corrected chi connectivity index (χ2v) is 5.86. The van der Waals surface area contributed by atoms with Crippen LogP contribution in [0.2, 0.25) is 0 Å². The van der Waals surface area contributed by atoms with Crippen LogP contribution in [-0.2, 0) is 9.84 Å². The maximum absolute atomic E-state index is 11.2. The summed E-state index contributed by atoms with van der Waals surface area (Å²) in [6, 6.07) is -0.164. The molecular weight excluding hydrogens is 218 g/mol. The number of nitrogens with zero attached hydrogens (tertiary/aromatic N) is 2. The van der Waals surface area contributed by atoms with Gasteiger partial charge in [0.05, 0.1) is 29.3 Å². The molecule has 1 aromatic heterocycles. The summed E-state index contributed by atoms with van der Waals surface area (Å²) < 4.78 is 23.9. The number of sulfone groups is 1. The van der Waals surface area contributed by atoms with Crippen LogP contribution in [0.1, 0.15) is 22.8 Å². The fourth-order valence-corrected chi connectivity index (χ4v) is 3.35. The van der Waals surface area contributed by atoms with Gasteiger partial charge < -0.3 is 5.73 Å². The molecule has 2 N–H and O–H groups in total. The van der Waals surface area contributed by atoms with E-state index in [1.165, 1.54) is 17.1 Å². The van der Waals surface area contributed by atoms with Gasteiger partial charge in [0.2, 0.25) is 0 Å². The van der Waals surface area contributed by atoms with Crippen molar-refractivity contribution in [3.63, 3.8) is 0 Å². The lowest BCUT2D eigenvalue weighted by Crippen LogP contribution is -2.12. The van der Waals surface area contributed by atoms with E-state index in [1.807, 2.05) is 0 Å². The molecule has 1 aliphatic heterocycles. The summed E-state index contributed by atoms with van der Waals surface area (Å²) in [5, 5.41) is 3.94. The van der Waals surface area contributed by atoms with Gasteiger partial charge in [-0.15, -0.1) is 0 Å². The molecule has 0 aromatic carbocycles. The first-order chi connectivity index (χ1) is 6.98. The van der Waals surface area contributed by atoms with E-state index in [-0.39, 0.29) is 17.5 Å². The van der Waals surface area contributed by atoms with Gasteiger partial charge in [-0.25, -0.2) is 8.42 Å². The highest BCUT2D eigenvalue weighted by Gasteiger charge is 2.29. The smallest absolute Gasteiger partial charge is 0.251 e. The van der Waals surface area contributed by atoms with E-state index in [0.717, 1.165) is 0 Å². The summed E-state index contributed by atoms with van der Waals surface area (Å²) in [5.74, 6) is -0.279. The van der Waals surface area contributed by atoms with Gasteiger partial charge in [0.1, 0.15) is 0 Å². The average molecular weight is 229 g/mol. The Hall–Kier alpha value is -1.37. The highest BCUT2D eigenvalue weighted by Crippen LogP contribution is 2.22. The Labute approximate surface area is 87.0 Å². The van der Waals surface area contributed by atoms with Crippen molar-refractivity contribution in [3.05, 3.63) is 18.0 Å². The SMILES string of the molecule is NC(=O)c1cnn([C@@H]2CCS(=O)(=O)C2)c1. The Morgan fingerprint density at radius 3 is 2.80 bits per heavy atom. The van der Waals surface area contributed by atoms with Crippen molar-refractivity contribution in [2.24, 2.45) is 5.73 Å². The van der Waals surface area contributed by atoms with Gasteiger partial charge in [-0.1, -0.05) is 0 Å². The molecule has 7 heteroatoms. The number of hydrogen-bond donors (Lipinski definition) is 1. The Morgan fingerprint density at radius 2 is 2.33 bits per heavy atom. The van der Waals surface area contributed by atoms with E-state index in [2.05, 4.69) is 5.10 Å². The predicted molar refractivity (Wildman–Crippen MR) is 53.1 cm³/mol. The molecule has 0 aliphatic carbocycles. The summed E-state index contributed by atoms with van der Waals surface area (Å²) in [6.45, 7) is 0. The standard InChI is InChI=1S/C8H11N3O3S/c9-8(12)6-3-10-11(4-6)7-1-2-15(13,14)5-7/h3-4,7H,1-2,5H2,(H2,9,12)/t7-/m1/s1. The summed E-state index contributed by atoms with van der Waals surface area (Å²) in [6.07, 6.45) is 3.39. The number of hydrogen-bond acceptors (Lipinski definition) is 4. The second kappa shape index (κ2) is 3.34. The highest BCUT2D eigenvalue weighted by molar-refractivity contribution is 7.91. The van der Waals surface area contributed by atoms with E-state index < -0.39 is 15.7 Å². The van der Waals surface area contributed by atoms with Gasteiger partial charge in [0.15, 0.2) is 9.84 Å². The second-order valence-electron chi connectivity index (χ2n) is 3.63. The minimum atomic E-state index is -2.93. The average Bonchev–Trinajstić information content (AvgIpc) is 2.70. The number of carbonyl (C=O) groups excluding carboxylic acids is 1. The van der Waals surface area contributed by atoms with Crippen molar-refractivity contribution in [2.45, 2.75) is 12.5 Å². The van der Waals surface area contributed by atoms with Crippen LogP contribution in [0.25, 0.3) is 0 Å². The third-order valence-corrected chi connectivity index (χ3v) is 4.22. The van der Waals surface area contributed by atoms with Crippen LogP contribution in [0.15, 0.2) is 12.4 Å². The molecule has 82 valence electrons. The van der Waals surface area contributed by atoms with E-state index >= 15 is 0 Å². The Bertz CT molecular complexity index is 491. The molecule has 1 amide bonds. The fraction of sp³-hybridized carbons (Fsp3) is 0.500. The topological polar surface area (TPSA) is 95.1 Å². The number of primary amides is 1. The van der Waals surface area contributed by atoms with Crippen LogP contribution in [0.3, 0.4) is 0 Å². The lowest BCUT2D eigenvalue weighted by Gasteiger charge is -2.06. The van der Waals surface area contributed by atoms with Crippen molar-refractivity contribution >= 4 is 15.7 Å². The minimum Gasteiger partial charge on any atom is -0.366 e. The molecule has 6 nitrogen and oxygen atoms in total. The van der Waals surface area contributed by atoms with Gasteiger partial charge >= 0.3 is 0 Å². The molecule has 0 bridgehead atoms. The van der Waals surface area contributed by atoms with Crippen molar-refractivity contribution < 1.29 is 13.2 Å². The molecule has 1 aliphatic rings. The highest BCUT2D eigenvalue weighted by atomic mass is 32.2. The lowest BCUT2D eigenvalue weighted by molar-refractivity contribution is 0.1000. The monoisotopic (exact) mass is 229 g/mol. The van der Waals surface area contributed by atoms with Crippen LogP contribution in [0.5, 0.6) is 0 Å². The molecule has 1 fully saturated rings. The quantitative estimate of drug-likeness (QED) is 0.728. The van der Waals surface area contributed by atoms with E-state index in [0.29, 0.717) is 12.0 Å². The number of amides is 1. The van der Waals surface area contributed by atoms with Crippen LogP contribution in [-0.4, -0.2) is 35.6 Å². The fourth-order valence-electron chi connectivity index (χ4n) is 1.65. The van der Waals surface area contributed by atoms with Crippen molar-refractivity contribution in [1.82, 2.24) is 9.78 Å². The van der Waals surface area contributed by atoms with Crippen molar-refractivity contribution in [2.75, 3.05) is 11.5 Å². The summed E-state index contributed by atoms with van der Waals surface area (Å²) in [5.41, 5.74) is 5.37. The largest absolute Gasteiger partial charge is 0.366 e. The Kier molecular flexibility index (Phi) is 2.26. The zero-order chi connectivity index (χ0) is 11.1. The first kappa shape index (κ1) is 10.2. The molecule has 1 atom stereocenters. The van der Waals surface area contributed by atoms with Crippen LogP contribution in [0, 0.1) is 0 Å². The summed E-state index contributed by atoms with van der Waals surface area (Å²) in [4.78, 5) is 10.8. The van der Waals surface area contributed by atoms with Gasteiger partial charge in [-0.3, -0.25) is 9.48 Å². The molecule has 0 unspecified atom stereocenters. The van der Waals surface area contributed by atoms with Gasteiger partial charge in [-0.2, -0.15) is 5.10 Å². The van der Waals surface area contributed by atoms with E-state index in [1.54, 1.807) is 0 Å². The molecule has 1 aromatic rings. The summed E-state index contributed by atoms with van der Waals surface area (Å²) in [7, 11) is -2.93. The first-order valence-electron chi connectivity index (χ1n) is 4.52. The molecule has 2 rings (SSSR count). The summed E-state index contributed by atoms with van der Waals surface area (Å²) >= 11 is 0. The zero-order valence-electron chi connectivity index (χ0n) is 7.96. The van der Waals surface area contributed by atoms with Crippen LogP contribution >= 0.6 is 0 Å². The number of carbonyl (C=O) groups is 1. The maximum Gasteiger partial charge on any atom is 0.251 e. The lowest BCUT2D eigenvalue weighted by atomic mass is 10.3. The Morgan fingerprint density at radius 1 is 1.60 bits per heavy atom. The molecule has 0 spiro atoms. The van der Waals surface area contributed by atoms with Gasteiger partial charge in [0, 0.05) is 6.20 Å². The number of rotatable bonds is 2. The third kappa shape index (κ3) is 2.01. The van der Waals surface area contributed by atoms with Crippen LogP contribution in [0.4, 0.5) is 0 Å². The predicted octanol–water partition coefficient (Wildman–Crippen LogP) is -0.658. The number of nitrogens with two attached hydrogens (primary N) is 1. The van der Waals surface area contributed by atoms with Crippen molar-refractivity contribution in [1.29, 1.82) is 0 Å². The molecule has 0 radical (unpaired) electrons. The van der Waals surface area contributed by atoms with E-state index in [4.69, 9.17) is 5.73 Å².